The Balaban J connectivity index is 0.000000130. The van der Waals surface area contributed by atoms with E-state index in [4.69, 9.17) is 42.5 Å². The molecule has 18 aromatic rings. The van der Waals surface area contributed by atoms with E-state index < -0.39 is 29.8 Å². The molecule has 1 aliphatic heterocycles. The monoisotopic (exact) mass is 2090 g/mol. The van der Waals surface area contributed by atoms with E-state index in [1.54, 1.807) is 61.6 Å². The fraction of sp³-hybridized carbons (Fsp3) is 0.164. The van der Waals surface area contributed by atoms with Gasteiger partial charge in [0, 0.05) is 130 Å². The van der Waals surface area contributed by atoms with Crippen LogP contribution in [0.15, 0.2) is 338 Å². The average molecular weight is 2090 g/mol. The van der Waals surface area contributed by atoms with Gasteiger partial charge < -0.3 is 67.3 Å². The van der Waals surface area contributed by atoms with Crippen molar-refractivity contribution in [1.29, 1.82) is 0 Å². The van der Waals surface area contributed by atoms with Crippen LogP contribution in [0, 0.1) is 0 Å². The molecule has 144 heavy (non-hydrogen) atoms. The van der Waals surface area contributed by atoms with E-state index in [0.717, 1.165) is 124 Å². The average Bonchev–Trinajstić information content (AvgIpc) is 1.25. The topological polar surface area (TPSA) is 367 Å². The molecule has 30 nitrogen and oxygen atoms in total. The van der Waals surface area contributed by atoms with E-state index in [1.165, 1.54) is 110 Å². The van der Waals surface area contributed by atoms with Gasteiger partial charge in [-0.2, -0.15) is 0 Å². The van der Waals surface area contributed by atoms with Gasteiger partial charge >= 0.3 is 29.8 Å². The molecule has 0 amide bonds. The summed E-state index contributed by atoms with van der Waals surface area (Å²) in [5.41, 5.74) is 15.7. The Morgan fingerprint density at radius 3 is 1.22 bits per heavy atom. The van der Waals surface area contributed by atoms with Gasteiger partial charge in [0.1, 0.15) is 60.7 Å². The molecule has 0 radical (unpaired) electrons. The Kier molecular flexibility index (Phi) is 34.1. The molecule has 0 atom stereocenters. The summed E-state index contributed by atoms with van der Waals surface area (Å²) >= 11 is 18.9. The third-order valence-corrected chi connectivity index (χ3v) is 25.6. The van der Waals surface area contributed by atoms with Crippen molar-refractivity contribution < 1.29 is 58.6 Å². The SMILES string of the molecule is CCN1CCN(c2ccc(Cn3ccnc3-c3cc(C(=O)O)ccn3)c3c2CCCC3)CC1.COC(=O)c1ccnc(-c2ncc(Br)n2Cc2ccc(Oc3ccccc3)cc2)c1.O=C(O)c1ccnc(-c2ncc(-c3ccccn3)n2CCc2ccc(Cl)cc2)c1.O=C(O)c1ccnc(-c2ncc(Br)n2CCc2ccc(Cl)cc2)c1.O=C(O)c1ccnc(-c2nccn2Cc2ccc(Oc3ccccc3)cc2)c1. The molecule has 1 aliphatic carbocycles. The quantitative estimate of drug-likeness (QED) is 0.0316. The van der Waals surface area contributed by atoms with E-state index in [9.17, 15) is 39.3 Å². The maximum absolute atomic E-state index is 11.8. The molecule has 12 heterocycles. The fourth-order valence-corrected chi connectivity index (χ4v) is 17.6. The highest BCUT2D eigenvalue weighted by atomic mass is 79.9. The first-order valence-corrected chi connectivity index (χ1v) is 48.5. The number of halogens is 4. The van der Waals surface area contributed by atoms with Crippen molar-refractivity contribution in [1.82, 2.24) is 82.6 Å². The summed E-state index contributed by atoms with van der Waals surface area (Å²) in [6, 6.07) is 76.0. The first-order chi connectivity index (χ1) is 70.1. The summed E-state index contributed by atoms with van der Waals surface area (Å²) in [4.78, 5) is 110. The Morgan fingerprint density at radius 2 is 0.757 bits per heavy atom. The minimum Gasteiger partial charge on any atom is -0.478 e. The van der Waals surface area contributed by atoms with Crippen molar-refractivity contribution in [2.24, 2.45) is 0 Å². The lowest BCUT2D eigenvalue weighted by Crippen LogP contribution is -2.46. The van der Waals surface area contributed by atoms with Crippen LogP contribution in [0.4, 0.5) is 5.69 Å². The highest BCUT2D eigenvalue weighted by molar-refractivity contribution is 9.10. The van der Waals surface area contributed by atoms with E-state index >= 15 is 0 Å². The van der Waals surface area contributed by atoms with Crippen molar-refractivity contribution in [3.8, 4) is 92.0 Å². The molecule has 0 spiro atoms. The minimum atomic E-state index is -1.00. The first kappa shape index (κ1) is 101. The number of fused-ring (bicyclic) bond motifs is 1. The molecule has 11 aromatic heterocycles. The molecule has 20 rings (SSSR count). The number of hydrogen-bond acceptors (Lipinski definition) is 21. The number of carbonyl (C=O) groups is 5. The number of aromatic carboxylic acids is 4. The summed E-state index contributed by atoms with van der Waals surface area (Å²) in [6.07, 6.45) is 27.9. The second-order valence-corrected chi connectivity index (χ2v) is 35.7. The van der Waals surface area contributed by atoms with E-state index in [2.05, 4.69) is 120 Å². The molecule has 4 N–H and O–H groups in total. The second kappa shape index (κ2) is 48.8. The molecule has 1 saturated heterocycles. The number of para-hydroxylation sites is 2. The van der Waals surface area contributed by atoms with E-state index in [1.807, 2.05) is 207 Å². The number of likely N-dealkylation sites (N-methyl/N-ethyl adjacent to an activating group) is 1. The van der Waals surface area contributed by atoms with Gasteiger partial charge in [0.25, 0.3) is 0 Å². The number of hydrogen-bond donors (Lipinski definition) is 4. The number of piperazine rings is 1. The van der Waals surface area contributed by atoms with Crippen LogP contribution in [0.3, 0.4) is 0 Å². The van der Waals surface area contributed by atoms with Gasteiger partial charge in [0.2, 0.25) is 0 Å². The number of carbonyl (C=O) groups excluding carboxylic acids is 1. The second-order valence-electron chi connectivity index (χ2n) is 33.2. The number of ether oxygens (including phenoxy) is 3. The van der Waals surface area contributed by atoms with E-state index in [0.29, 0.717) is 106 Å². The Morgan fingerprint density at radius 1 is 0.361 bits per heavy atom. The number of pyridine rings is 6. The van der Waals surface area contributed by atoms with Crippen LogP contribution in [-0.4, -0.2) is 173 Å². The lowest BCUT2D eigenvalue weighted by Gasteiger charge is -2.38. The molecular formula is C110H96Br2Cl2N18O12. The Hall–Kier alpha value is -16.3. The number of aryl methyl sites for hydroxylation is 2. The number of esters is 1. The molecule has 7 aromatic carbocycles. The zero-order valence-corrected chi connectivity index (χ0v) is 82.8. The largest absolute Gasteiger partial charge is 0.478 e. The van der Waals surface area contributed by atoms with Crippen LogP contribution in [0.5, 0.6) is 23.0 Å². The molecule has 726 valence electrons. The number of benzene rings is 7. The molecule has 0 unspecified atom stereocenters. The number of rotatable bonds is 29. The maximum Gasteiger partial charge on any atom is 0.337 e. The molecular weight excluding hydrogens is 2000 g/mol. The number of nitrogens with zero attached hydrogens (tertiary/aromatic N) is 18. The zero-order valence-electron chi connectivity index (χ0n) is 78.1. The lowest BCUT2D eigenvalue weighted by atomic mass is 9.86. The van der Waals surface area contributed by atoms with Gasteiger partial charge in [-0.25, -0.2) is 48.9 Å². The lowest BCUT2D eigenvalue weighted by molar-refractivity contribution is 0.0597. The van der Waals surface area contributed by atoms with Crippen molar-refractivity contribution in [2.75, 3.05) is 44.7 Å². The first-order valence-electron chi connectivity index (χ1n) is 46.1. The summed E-state index contributed by atoms with van der Waals surface area (Å²) in [5, 5.41) is 38.4. The number of anilines is 1. The van der Waals surface area contributed by atoms with Crippen LogP contribution < -0.4 is 14.4 Å². The Bertz CT molecular complexity index is 7460. The van der Waals surface area contributed by atoms with Gasteiger partial charge in [-0.05, 0) is 268 Å². The van der Waals surface area contributed by atoms with Crippen molar-refractivity contribution in [3.63, 3.8) is 0 Å². The van der Waals surface area contributed by atoms with Gasteiger partial charge in [0.15, 0.2) is 29.1 Å². The number of methoxy groups -OCH3 is 1. The minimum absolute atomic E-state index is 0.168. The third-order valence-electron chi connectivity index (χ3n) is 23.9. The van der Waals surface area contributed by atoms with Crippen LogP contribution in [0.1, 0.15) is 110 Å². The van der Waals surface area contributed by atoms with Crippen LogP contribution in [0.2, 0.25) is 10.0 Å². The number of imidazole rings is 5. The van der Waals surface area contributed by atoms with Gasteiger partial charge in [-0.15, -0.1) is 0 Å². The van der Waals surface area contributed by atoms with Gasteiger partial charge in [0.05, 0.1) is 71.5 Å². The van der Waals surface area contributed by atoms with Crippen molar-refractivity contribution in [2.45, 2.75) is 78.2 Å². The normalized spacial score (nSPS) is 12.0. The fourth-order valence-electron chi connectivity index (χ4n) is 16.5. The number of carboxylic acid groups (broad SMARTS) is 4. The van der Waals surface area contributed by atoms with E-state index in [-0.39, 0.29) is 22.3 Å². The molecule has 1 fully saturated rings. The highest BCUT2D eigenvalue weighted by Gasteiger charge is 2.27. The predicted molar refractivity (Wildman–Crippen MR) is 556 cm³/mol. The van der Waals surface area contributed by atoms with Crippen LogP contribution in [-0.2, 0) is 63.1 Å². The summed E-state index contributed by atoms with van der Waals surface area (Å²) in [6.45, 7) is 11.0. The molecule has 0 saturated carbocycles. The predicted octanol–water partition coefficient (Wildman–Crippen LogP) is 22.4. The highest BCUT2D eigenvalue weighted by Crippen LogP contribution is 2.37. The van der Waals surface area contributed by atoms with Crippen LogP contribution in [0.25, 0.3) is 69.0 Å². The molecule has 34 heteroatoms. The standard InChI is InChI=1S/C26H31N5O2.C23H18BrN3O3.C22H17ClN4O2.C22H17N3O3.C17H13BrClN3O2/c1-2-29-13-15-30(16-14-29)24-8-7-20(21-5-3-4-6-22(21)24)18-31-12-11-28-25(31)23-17-19(26(32)33)9-10-27-23;1-29-23(28)17-11-12-25-20(13-17)22-26-14-21(24)27(22)15-16-7-9-19(10-8-16)30-18-5-3-2-4-6-18;23-17-6-4-15(5-7-17)9-12-27-20(18-3-1-2-10-24-18)14-26-21(27)19-13-16(22(28)29)8-11-25-19;26-22(27)17-10-11-23-20(14-17)21-24-12-13-25(21)15-16-6-8-19(9-7-16)28-18-4-2-1-3-5-18;18-15-10-21-16(14-9-12(17(23)24)5-7-20-14)22(15)8-6-11-1-3-13(19)4-2-11/h7-12,17H,2-6,13-16,18H2,1H3,(H,32,33);2-14H,15H2,1H3;1-8,10-11,13-14H,9,12H2,(H,28,29);1-14H,15H2,(H,26,27);1-5,7,9-10H,6,8H2,(H,23,24). The summed E-state index contributed by atoms with van der Waals surface area (Å²) in [5.74, 6) is 1.95. The summed E-state index contributed by atoms with van der Waals surface area (Å²) in [7, 11) is 1.35. The van der Waals surface area contributed by atoms with Crippen molar-refractivity contribution in [3.05, 3.63) is 415 Å². The van der Waals surface area contributed by atoms with Crippen molar-refractivity contribution >= 4 is 90.6 Å². The van der Waals surface area contributed by atoms with Gasteiger partial charge in [-0.1, -0.05) is 127 Å². The molecule has 0 bridgehead atoms. The smallest absolute Gasteiger partial charge is 0.337 e. The van der Waals surface area contributed by atoms with Crippen LogP contribution >= 0.6 is 55.1 Å². The zero-order chi connectivity index (χ0) is 100. The van der Waals surface area contributed by atoms with Gasteiger partial charge in [-0.3, -0.25) is 29.9 Å². The third kappa shape index (κ3) is 26.3. The Labute approximate surface area is 856 Å². The maximum atomic E-state index is 11.8. The molecule has 2 aliphatic rings. The summed E-state index contributed by atoms with van der Waals surface area (Å²) < 4.78 is 28.1. The number of aromatic nitrogens is 16. The number of carboxylic acids is 4.